The summed E-state index contributed by atoms with van der Waals surface area (Å²) in [5, 5.41) is 0. The number of hydrogen-bond acceptors (Lipinski definition) is 2. The first-order chi connectivity index (χ1) is 4.13. The fraction of sp³-hybridized carbons (Fsp3) is 0.800. The molecular formula is C5H12B2N2. The zero-order valence-corrected chi connectivity index (χ0v) is 6.55. The van der Waals surface area contributed by atoms with Gasteiger partial charge in [-0.05, 0) is 14.1 Å². The minimum absolute atomic E-state index is 0.606. The molecule has 1 heterocycles. The Hall–Kier alpha value is 0.0499. The van der Waals surface area contributed by atoms with Crippen molar-refractivity contribution in [1.82, 2.24) is 9.62 Å². The van der Waals surface area contributed by atoms with E-state index in [-0.39, 0.29) is 0 Å². The van der Waals surface area contributed by atoms with Gasteiger partial charge in [-0.15, -0.1) is 0 Å². The van der Waals surface area contributed by atoms with Crippen LogP contribution < -0.4 is 0 Å². The topological polar surface area (TPSA) is 6.48 Å². The standard InChI is InChI=1S/C5H12B2N2/c1-6-7(2)9(4)5-8(6)3/h1-4H3. The second-order valence-electron chi connectivity index (χ2n) is 2.80. The van der Waals surface area contributed by atoms with Crippen LogP contribution in [0.1, 0.15) is 0 Å². The molecule has 0 aliphatic carbocycles. The number of hydrogen-bond donors (Lipinski definition) is 0. The van der Waals surface area contributed by atoms with E-state index in [0.717, 1.165) is 0 Å². The molecule has 9 heavy (non-hydrogen) atoms. The third kappa shape index (κ3) is 1.14. The molecule has 2 nitrogen and oxygen atoms in total. The Morgan fingerprint density at radius 1 is 1.00 bits per heavy atom. The highest BCUT2D eigenvalue weighted by Gasteiger charge is 2.36. The molecule has 0 bridgehead atoms. The van der Waals surface area contributed by atoms with Gasteiger partial charge in [-0.25, -0.2) is 0 Å². The van der Waals surface area contributed by atoms with Gasteiger partial charge in [0.2, 0.25) is 13.5 Å². The first-order valence-corrected chi connectivity index (χ1v) is 3.35. The molecule has 1 rings (SSSR count). The third-order valence-electron chi connectivity index (χ3n) is 2.24. The van der Waals surface area contributed by atoms with Gasteiger partial charge in [-0.2, -0.15) is 0 Å². The second kappa shape index (κ2) is 2.35. The van der Waals surface area contributed by atoms with Gasteiger partial charge in [-0.3, -0.25) is 0 Å². The van der Waals surface area contributed by atoms with Crippen LogP contribution in [-0.2, 0) is 0 Å². The van der Waals surface area contributed by atoms with Gasteiger partial charge in [0.1, 0.15) is 6.67 Å². The molecule has 0 aromatic rings. The maximum Gasteiger partial charge on any atom is 0.207 e. The Labute approximate surface area is 58.4 Å². The zero-order chi connectivity index (χ0) is 7.02. The number of nitrogens with zero attached hydrogens (tertiary/aromatic N) is 2. The Kier molecular flexibility index (Phi) is 1.87. The highest BCUT2D eigenvalue weighted by molar-refractivity contribution is 7.19. The Morgan fingerprint density at radius 2 is 1.33 bits per heavy atom. The lowest BCUT2D eigenvalue weighted by Gasteiger charge is -2.08. The van der Waals surface area contributed by atoms with Crippen molar-refractivity contribution in [2.75, 3.05) is 14.1 Å². The van der Waals surface area contributed by atoms with Gasteiger partial charge in [0, 0.05) is 0 Å². The fourth-order valence-corrected chi connectivity index (χ4v) is 1.08. The minimum Gasteiger partial charge on any atom is -0.328 e. The molecule has 1 fully saturated rings. The van der Waals surface area contributed by atoms with Crippen molar-refractivity contribution in [2.24, 2.45) is 0 Å². The normalized spacial score (nSPS) is 24.0. The number of rotatable bonds is 0. The maximum absolute atomic E-state index is 3.18. The van der Waals surface area contributed by atoms with E-state index in [4.69, 9.17) is 0 Å². The van der Waals surface area contributed by atoms with Gasteiger partial charge in [-0.1, -0.05) is 13.6 Å². The van der Waals surface area contributed by atoms with E-state index >= 15 is 0 Å². The molecule has 0 saturated carbocycles. The van der Waals surface area contributed by atoms with E-state index in [2.05, 4.69) is 44.0 Å². The second-order valence-corrected chi connectivity index (χ2v) is 2.80. The van der Waals surface area contributed by atoms with Crippen molar-refractivity contribution in [1.29, 1.82) is 0 Å². The van der Waals surface area contributed by atoms with Crippen molar-refractivity contribution in [3.05, 3.63) is 6.67 Å². The van der Waals surface area contributed by atoms with Gasteiger partial charge >= 0.3 is 0 Å². The summed E-state index contributed by atoms with van der Waals surface area (Å²) in [5.41, 5.74) is 0. The smallest absolute Gasteiger partial charge is 0.207 e. The summed E-state index contributed by atoms with van der Waals surface area (Å²) in [6.07, 6.45) is 0. The van der Waals surface area contributed by atoms with Gasteiger partial charge in [0.05, 0.1) is 0 Å². The molecule has 0 spiro atoms. The SMILES string of the molecule is CB1B(C)N(C)[C]N1C. The zero-order valence-electron chi connectivity index (χ0n) is 6.55. The highest BCUT2D eigenvalue weighted by Crippen LogP contribution is 2.12. The molecule has 0 aromatic carbocycles. The molecular weight excluding hydrogens is 110 g/mol. The van der Waals surface area contributed by atoms with Crippen molar-refractivity contribution in [3.63, 3.8) is 0 Å². The largest absolute Gasteiger partial charge is 0.328 e. The van der Waals surface area contributed by atoms with E-state index in [1.165, 1.54) is 0 Å². The molecule has 0 N–H and O–H groups in total. The summed E-state index contributed by atoms with van der Waals surface area (Å²) in [6, 6.07) is 0. The van der Waals surface area contributed by atoms with E-state index in [1.54, 1.807) is 0 Å². The van der Waals surface area contributed by atoms with Crippen LogP contribution in [0.4, 0.5) is 0 Å². The van der Waals surface area contributed by atoms with Gasteiger partial charge < -0.3 is 9.62 Å². The summed E-state index contributed by atoms with van der Waals surface area (Å²) < 4.78 is 0. The molecule has 0 unspecified atom stereocenters. The summed E-state index contributed by atoms with van der Waals surface area (Å²) in [6.45, 7) is 8.81. The molecule has 0 aromatic heterocycles. The third-order valence-corrected chi connectivity index (χ3v) is 2.24. The first-order valence-electron chi connectivity index (χ1n) is 3.35. The van der Waals surface area contributed by atoms with Crippen molar-refractivity contribution >= 4 is 13.5 Å². The molecule has 2 radical (unpaired) electrons. The van der Waals surface area contributed by atoms with Crippen LogP contribution in [0.5, 0.6) is 0 Å². The van der Waals surface area contributed by atoms with Crippen LogP contribution in [-0.4, -0.2) is 37.2 Å². The molecule has 1 saturated heterocycles. The molecule has 1 aliphatic rings. The van der Waals surface area contributed by atoms with E-state index in [0.29, 0.717) is 13.5 Å². The Balaban J connectivity index is 2.54. The quantitative estimate of drug-likeness (QED) is 0.422. The van der Waals surface area contributed by atoms with Gasteiger partial charge in [0.25, 0.3) is 0 Å². The molecule has 0 amide bonds. The molecule has 4 heteroatoms. The average molecular weight is 122 g/mol. The van der Waals surface area contributed by atoms with E-state index in [1.807, 2.05) is 0 Å². The van der Waals surface area contributed by atoms with E-state index in [9.17, 15) is 0 Å². The minimum atomic E-state index is 0.606. The van der Waals surface area contributed by atoms with Crippen molar-refractivity contribution < 1.29 is 0 Å². The maximum atomic E-state index is 3.18. The Morgan fingerprint density at radius 3 is 1.44 bits per heavy atom. The van der Waals surface area contributed by atoms with Crippen molar-refractivity contribution in [2.45, 2.75) is 13.6 Å². The monoisotopic (exact) mass is 122 g/mol. The summed E-state index contributed by atoms with van der Waals surface area (Å²) in [5.74, 6) is 0. The lowest BCUT2D eigenvalue weighted by atomic mass is 9.23. The van der Waals surface area contributed by atoms with Crippen LogP contribution >= 0.6 is 0 Å². The predicted molar refractivity (Wildman–Crippen MR) is 42.0 cm³/mol. The molecule has 0 atom stereocenters. The lowest BCUT2D eigenvalue weighted by Crippen LogP contribution is -2.39. The average Bonchev–Trinajstić information content (AvgIpc) is 1.98. The first kappa shape index (κ1) is 7.16. The van der Waals surface area contributed by atoms with Crippen LogP contribution in [0.15, 0.2) is 0 Å². The molecule has 48 valence electrons. The van der Waals surface area contributed by atoms with Crippen LogP contribution in [0.25, 0.3) is 0 Å². The van der Waals surface area contributed by atoms with Crippen molar-refractivity contribution in [3.8, 4) is 0 Å². The summed E-state index contributed by atoms with van der Waals surface area (Å²) in [4.78, 5) is 4.23. The van der Waals surface area contributed by atoms with E-state index < -0.39 is 0 Å². The van der Waals surface area contributed by atoms with Crippen LogP contribution in [0.3, 0.4) is 0 Å². The predicted octanol–water partition coefficient (Wildman–Crippen LogP) is 0.181. The van der Waals surface area contributed by atoms with Gasteiger partial charge in [0.15, 0.2) is 0 Å². The lowest BCUT2D eigenvalue weighted by molar-refractivity contribution is 0.496. The highest BCUT2D eigenvalue weighted by atomic mass is 15.3. The van der Waals surface area contributed by atoms with Crippen LogP contribution in [0.2, 0.25) is 13.6 Å². The fourth-order valence-electron chi connectivity index (χ4n) is 1.08. The van der Waals surface area contributed by atoms with Crippen LogP contribution in [0, 0.1) is 6.67 Å². The summed E-state index contributed by atoms with van der Waals surface area (Å²) in [7, 11) is 4.12. The molecule has 1 aliphatic heterocycles. The Bertz CT molecular complexity index is 97.1. The summed E-state index contributed by atoms with van der Waals surface area (Å²) >= 11 is 0.